The maximum Gasteiger partial charge on any atom is 0.225 e. The number of hydrogen-bond donors (Lipinski definition) is 0. The molecule has 4 aromatic carbocycles. The van der Waals surface area contributed by atoms with Gasteiger partial charge in [0.15, 0.2) is 5.60 Å². The van der Waals surface area contributed by atoms with Crippen LogP contribution >= 0.6 is 0 Å². The van der Waals surface area contributed by atoms with Gasteiger partial charge in [-0.25, -0.2) is 4.98 Å². The Morgan fingerprint density at radius 1 is 0.795 bits per heavy atom. The SMILES string of the molecule is CCOc1nc2c(ccc3ccccc32)c2c1C=CC(c1ccc(OC)cc1)(c1ccc(OC)cc1OC)O2. The number of pyridine rings is 1. The maximum absolute atomic E-state index is 7.16. The van der Waals surface area contributed by atoms with E-state index in [-0.39, 0.29) is 0 Å². The quantitative estimate of drug-likeness (QED) is 0.213. The van der Waals surface area contributed by atoms with E-state index in [9.17, 15) is 0 Å². The fourth-order valence-electron chi connectivity index (χ4n) is 5.26. The van der Waals surface area contributed by atoms with Crippen molar-refractivity contribution in [3.63, 3.8) is 0 Å². The summed E-state index contributed by atoms with van der Waals surface area (Å²) in [6, 6.07) is 26.1. The minimum Gasteiger partial charge on any atom is -0.497 e. The Morgan fingerprint density at radius 2 is 1.56 bits per heavy atom. The lowest BCUT2D eigenvalue weighted by molar-refractivity contribution is 0.157. The molecule has 39 heavy (non-hydrogen) atoms. The number of rotatable bonds is 7. The molecule has 0 radical (unpaired) electrons. The summed E-state index contributed by atoms with van der Waals surface area (Å²) in [6.07, 6.45) is 4.08. The Kier molecular flexibility index (Phi) is 6.23. The first-order valence-electron chi connectivity index (χ1n) is 12.9. The molecule has 0 N–H and O–H groups in total. The second kappa shape index (κ2) is 9.87. The molecule has 1 aliphatic heterocycles. The van der Waals surface area contributed by atoms with Gasteiger partial charge < -0.3 is 23.7 Å². The molecular weight excluding hydrogens is 490 g/mol. The minimum absolute atomic E-state index is 0.486. The lowest BCUT2D eigenvalue weighted by atomic mass is 9.82. The van der Waals surface area contributed by atoms with Crippen molar-refractivity contribution in [3.8, 4) is 28.9 Å². The normalized spacial score (nSPS) is 16.0. The van der Waals surface area contributed by atoms with Gasteiger partial charge in [-0.05, 0) is 54.8 Å². The van der Waals surface area contributed by atoms with Crippen LogP contribution in [0.1, 0.15) is 23.6 Å². The zero-order valence-electron chi connectivity index (χ0n) is 22.4. The molecule has 6 nitrogen and oxygen atoms in total. The zero-order valence-corrected chi connectivity index (χ0v) is 22.4. The summed E-state index contributed by atoms with van der Waals surface area (Å²) in [5, 5.41) is 3.04. The molecule has 0 fully saturated rings. The summed E-state index contributed by atoms with van der Waals surface area (Å²) in [5.41, 5.74) is 2.37. The van der Waals surface area contributed by atoms with Crippen LogP contribution in [0.25, 0.3) is 27.8 Å². The molecule has 196 valence electrons. The van der Waals surface area contributed by atoms with Gasteiger partial charge in [-0.1, -0.05) is 42.5 Å². The van der Waals surface area contributed by atoms with E-state index in [1.807, 2.05) is 73.7 Å². The van der Waals surface area contributed by atoms with Gasteiger partial charge in [0.05, 0.1) is 39.0 Å². The van der Waals surface area contributed by atoms with E-state index in [0.717, 1.165) is 44.1 Å². The van der Waals surface area contributed by atoms with Crippen LogP contribution in [0.5, 0.6) is 28.9 Å². The second-order valence-electron chi connectivity index (χ2n) is 9.24. The third-order valence-corrected chi connectivity index (χ3v) is 7.19. The summed E-state index contributed by atoms with van der Waals surface area (Å²) in [7, 11) is 4.95. The molecule has 2 heterocycles. The summed E-state index contributed by atoms with van der Waals surface area (Å²) >= 11 is 0. The Balaban J connectivity index is 1.66. The van der Waals surface area contributed by atoms with Gasteiger partial charge >= 0.3 is 0 Å². The van der Waals surface area contributed by atoms with E-state index in [1.165, 1.54) is 0 Å². The molecule has 1 unspecified atom stereocenters. The van der Waals surface area contributed by atoms with Gasteiger partial charge in [0.1, 0.15) is 23.0 Å². The third kappa shape index (κ3) is 4.00. The summed E-state index contributed by atoms with van der Waals surface area (Å²) in [5.74, 6) is 3.34. The Bertz CT molecular complexity index is 1710. The van der Waals surface area contributed by atoms with E-state index in [4.69, 9.17) is 28.7 Å². The number of hydrogen-bond acceptors (Lipinski definition) is 6. The van der Waals surface area contributed by atoms with E-state index < -0.39 is 5.60 Å². The predicted molar refractivity (Wildman–Crippen MR) is 153 cm³/mol. The summed E-state index contributed by atoms with van der Waals surface area (Å²) < 4.78 is 30.0. The molecule has 1 aromatic heterocycles. The van der Waals surface area contributed by atoms with E-state index >= 15 is 0 Å². The number of ether oxygens (including phenoxy) is 5. The summed E-state index contributed by atoms with van der Waals surface area (Å²) in [4.78, 5) is 4.97. The van der Waals surface area contributed by atoms with Crippen LogP contribution in [0.2, 0.25) is 0 Å². The van der Waals surface area contributed by atoms with Crippen LogP contribution < -0.4 is 23.7 Å². The highest BCUT2D eigenvalue weighted by atomic mass is 16.5. The lowest BCUT2D eigenvalue weighted by Gasteiger charge is -2.37. The molecule has 0 saturated heterocycles. The van der Waals surface area contributed by atoms with Crippen molar-refractivity contribution in [1.82, 2.24) is 4.98 Å². The van der Waals surface area contributed by atoms with Crippen LogP contribution in [-0.4, -0.2) is 32.9 Å². The molecule has 6 heteroatoms. The van der Waals surface area contributed by atoms with Crippen molar-refractivity contribution in [2.24, 2.45) is 0 Å². The average Bonchev–Trinajstić information content (AvgIpc) is 3.00. The Morgan fingerprint density at radius 3 is 2.31 bits per heavy atom. The van der Waals surface area contributed by atoms with Gasteiger partial charge in [-0.15, -0.1) is 0 Å². The molecule has 0 spiro atoms. The highest BCUT2D eigenvalue weighted by Crippen LogP contribution is 2.50. The number of methoxy groups -OCH3 is 3. The molecular formula is C33H29NO5. The molecule has 1 aliphatic rings. The van der Waals surface area contributed by atoms with E-state index in [1.54, 1.807) is 21.3 Å². The van der Waals surface area contributed by atoms with Crippen LogP contribution in [0.15, 0.2) is 84.9 Å². The average molecular weight is 520 g/mol. The van der Waals surface area contributed by atoms with Crippen LogP contribution in [0, 0.1) is 0 Å². The molecule has 0 amide bonds. The first kappa shape index (κ1) is 24.6. The fourth-order valence-corrected chi connectivity index (χ4v) is 5.26. The largest absolute Gasteiger partial charge is 0.497 e. The number of fused-ring (bicyclic) bond motifs is 5. The summed E-state index contributed by atoms with van der Waals surface area (Å²) in [6.45, 7) is 2.44. The Labute approximate surface area is 227 Å². The molecule has 0 bridgehead atoms. The second-order valence-corrected chi connectivity index (χ2v) is 9.24. The first-order valence-corrected chi connectivity index (χ1v) is 12.9. The molecule has 0 aliphatic carbocycles. The highest BCUT2D eigenvalue weighted by molar-refractivity contribution is 6.08. The van der Waals surface area contributed by atoms with Crippen molar-refractivity contribution >= 4 is 27.8 Å². The third-order valence-electron chi connectivity index (χ3n) is 7.19. The van der Waals surface area contributed by atoms with E-state index in [0.29, 0.717) is 29.7 Å². The molecule has 6 rings (SSSR count). The fraction of sp³-hybridized carbons (Fsp3) is 0.182. The zero-order chi connectivity index (χ0) is 27.0. The standard InChI is InChI=1S/C33H29NO5/c1-5-38-32-27-18-19-33(22-11-13-23(35-2)14-12-22,28-17-15-24(36-3)20-29(28)37-4)39-31(27)26-16-10-21-8-6-7-9-25(21)30(26)34-32/h6-20H,5H2,1-4H3. The molecule has 1 atom stereocenters. The predicted octanol–water partition coefficient (Wildman–Crippen LogP) is 7.16. The smallest absolute Gasteiger partial charge is 0.225 e. The van der Waals surface area contributed by atoms with Crippen molar-refractivity contribution in [1.29, 1.82) is 0 Å². The van der Waals surface area contributed by atoms with Crippen LogP contribution in [-0.2, 0) is 5.60 Å². The minimum atomic E-state index is -1.01. The van der Waals surface area contributed by atoms with Crippen molar-refractivity contribution in [3.05, 3.63) is 102 Å². The van der Waals surface area contributed by atoms with Gasteiger partial charge in [-0.2, -0.15) is 0 Å². The van der Waals surface area contributed by atoms with Crippen LogP contribution in [0.4, 0.5) is 0 Å². The van der Waals surface area contributed by atoms with Crippen molar-refractivity contribution in [2.75, 3.05) is 27.9 Å². The van der Waals surface area contributed by atoms with Gasteiger partial charge in [-0.3, -0.25) is 0 Å². The first-order chi connectivity index (χ1) is 19.1. The van der Waals surface area contributed by atoms with Crippen molar-refractivity contribution < 1.29 is 23.7 Å². The van der Waals surface area contributed by atoms with Gasteiger partial charge in [0.2, 0.25) is 5.88 Å². The molecule has 0 saturated carbocycles. The monoisotopic (exact) mass is 519 g/mol. The number of benzene rings is 4. The lowest BCUT2D eigenvalue weighted by Crippen LogP contribution is -2.35. The molecule has 5 aromatic rings. The van der Waals surface area contributed by atoms with E-state index in [2.05, 4.69) is 24.3 Å². The maximum atomic E-state index is 7.16. The van der Waals surface area contributed by atoms with Gasteiger partial charge in [0, 0.05) is 28.0 Å². The Hall–Kier alpha value is -4.71. The number of nitrogens with zero attached hydrogens (tertiary/aromatic N) is 1. The topological polar surface area (TPSA) is 59.0 Å². The van der Waals surface area contributed by atoms with Crippen LogP contribution in [0.3, 0.4) is 0 Å². The van der Waals surface area contributed by atoms with Crippen molar-refractivity contribution in [2.45, 2.75) is 12.5 Å². The number of aromatic nitrogens is 1. The van der Waals surface area contributed by atoms with Gasteiger partial charge in [0.25, 0.3) is 0 Å². The highest BCUT2D eigenvalue weighted by Gasteiger charge is 2.41.